The van der Waals surface area contributed by atoms with E-state index < -0.39 is 0 Å². The third kappa shape index (κ3) is 3.01. The van der Waals surface area contributed by atoms with Crippen molar-refractivity contribution in [3.05, 3.63) is 58.6 Å². The Morgan fingerprint density at radius 2 is 1.90 bits per heavy atom. The minimum atomic E-state index is -0.0919. The number of hydrogen-bond acceptors (Lipinski definition) is 5. The average molecular weight is 403 g/mol. The van der Waals surface area contributed by atoms with Gasteiger partial charge in [-0.2, -0.15) is 5.10 Å². The van der Waals surface area contributed by atoms with Crippen molar-refractivity contribution in [1.29, 1.82) is 0 Å². The summed E-state index contributed by atoms with van der Waals surface area (Å²) in [5.41, 5.74) is 4.22. The highest BCUT2D eigenvalue weighted by molar-refractivity contribution is 5.84. The van der Waals surface area contributed by atoms with Crippen LogP contribution in [0.25, 0.3) is 27.8 Å². The Hall–Kier alpha value is -3.06. The maximum Gasteiger partial charge on any atom is 0.280 e. The number of benzene rings is 1. The number of aromatic nitrogens is 5. The first-order chi connectivity index (χ1) is 14.7. The van der Waals surface area contributed by atoms with Crippen molar-refractivity contribution in [2.75, 3.05) is 7.11 Å². The molecule has 154 valence electrons. The third-order valence-electron chi connectivity index (χ3n) is 6.25. The Kier molecular flexibility index (Phi) is 4.83. The Morgan fingerprint density at radius 3 is 2.67 bits per heavy atom. The van der Waals surface area contributed by atoms with Crippen LogP contribution < -0.4 is 5.56 Å². The van der Waals surface area contributed by atoms with Crippen LogP contribution in [-0.2, 0) is 11.3 Å². The van der Waals surface area contributed by atoms with Crippen LogP contribution in [-0.4, -0.2) is 31.5 Å². The van der Waals surface area contributed by atoms with E-state index in [2.05, 4.69) is 17.1 Å². The van der Waals surface area contributed by atoms with E-state index in [1.807, 2.05) is 47.2 Å². The van der Waals surface area contributed by atoms with Crippen LogP contribution in [0.5, 0.6) is 0 Å². The number of fused-ring (bicyclic) bond motifs is 3. The predicted octanol–water partition coefficient (Wildman–Crippen LogP) is 4.00. The largest absolute Gasteiger partial charge is 0.378 e. The predicted molar refractivity (Wildman–Crippen MR) is 115 cm³/mol. The third-order valence-corrected chi connectivity index (χ3v) is 6.25. The van der Waals surface area contributed by atoms with Crippen molar-refractivity contribution in [2.45, 2.75) is 45.3 Å². The van der Waals surface area contributed by atoms with E-state index in [4.69, 9.17) is 9.84 Å². The van der Waals surface area contributed by atoms with Gasteiger partial charge in [-0.3, -0.25) is 4.79 Å². The normalized spacial score (nSPS) is 19.5. The Morgan fingerprint density at radius 1 is 1.10 bits per heavy atom. The monoisotopic (exact) mass is 403 g/mol. The van der Waals surface area contributed by atoms with Crippen molar-refractivity contribution in [3.63, 3.8) is 0 Å². The summed E-state index contributed by atoms with van der Waals surface area (Å²) in [6.07, 6.45) is 6.47. The first-order valence-electron chi connectivity index (χ1n) is 10.5. The molecule has 1 aromatic carbocycles. The van der Waals surface area contributed by atoms with Crippen LogP contribution in [0.3, 0.4) is 0 Å². The molecule has 4 aromatic rings. The van der Waals surface area contributed by atoms with E-state index in [9.17, 15) is 4.79 Å². The van der Waals surface area contributed by atoms with Crippen molar-refractivity contribution in [2.24, 2.45) is 5.92 Å². The van der Waals surface area contributed by atoms with Gasteiger partial charge in [0.25, 0.3) is 5.56 Å². The van der Waals surface area contributed by atoms with Gasteiger partial charge in [-0.25, -0.2) is 4.52 Å². The van der Waals surface area contributed by atoms with Crippen molar-refractivity contribution < 1.29 is 4.74 Å². The lowest BCUT2D eigenvalue weighted by Crippen LogP contribution is -2.31. The fourth-order valence-electron chi connectivity index (χ4n) is 4.71. The molecule has 0 N–H and O–H groups in total. The van der Waals surface area contributed by atoms with Crippen LogP contribution in [0, 0.1) is 5.92 Å². The van der Waals surface area contributed by atoms with Gasteiger partial charge in [0.1, 0.15) is 5.52 Å². The van der Waals surface area contributed by atoms with Crippen LogP contribution >= 0.6 is 0 Å². The molecule has 0 amide bonds. The Labute approximate surface area is 174 Å². The molecule has 0 radical (unpaired) electrons. The molecule has 7 nitrogen and oxygen atoms in total. The molecule has 1 saturated carbocycles. The molecule has 1 fully saturated rings. The molecular weight excluding hydrogens is 378 g/mol. The highest BCUT2D eigenvalue weighted by Gasteiger charge is 2.25. The molecular formula is C23H25N5O2. The number of ether oxygens (including phenoxy) is 1. The van der Waals surface area contributed by atoms with Gasteiger partial charge in [-0.05, 0) is 30.4 Å². The molecule has 3 aromatic heterocycles. The molecule has 0 aliphatic heterocycles. The van der Waals surface area contributed by atoms with Gasteiger partial charge in [-0.1, -0.05) is 50.1 Å². The Balaban J connectivity index is 1.72. The van der Waals surface area contributed by atoms with E-state index >= 15 is 0 Å². The zero-order chi connectivity index (χ0) is 20.7. The van der Waals surface area contributed by atoms with E-state index in [1.165, 1.54) is 6.42 Å². The first-order valence-corrected chi connectivity index (χ1v) is 10.5. The van der Waals surface area contributed by atoms with Gasteiger partial charge in [0.05, 0.1) is 17.9 Å². The number of rotatable bonds is 4. The first kappa shape index (κ1) is 18.9. The van der Waals surface area contributed by atoms with Crippen LogP contribution in [0.2, 0.25) is 0 Å². The lowest BCUT2D eigenvalue weighted by atomic mass is 9.85. The summed E-state index contributed by atoms with van der Waals surface area (Å²) in [4.78, 5) is 13.3. The molecule has 2 atom stereocenters. The topological polar surface area (TPSA) is 74.3 Å². The summed E-state index contributed by atoms with van der Waals surface area (Å²) in [5.74, 6) is 0.480. The van der Waals surface area contributed by atoms with Crippen LogP contribution in [0.4, 0.5) is 0 Å². The highest BCUT2D eigenvalue weighted by atomic mass is 16.5. The summed E-state index contributed by atoms with van der Waals surface area (Å²) >= 11 is 0. The quantitative estimate of drug-likeness (QED) is 0.515. The van der Waals surface area contributed by atoms with Crippen molar-refractivity contribution >= 4 is 16.7 Å². The molecule has 0 spiro atoms. The second kappa shape index (κ2) is 7.65. The van der Waals surface area contributed by atoms with Gasteiger partial charge in [0, 0.05) is 19.3 Å². The molecule has 30 heavy (non-hydrogen) atoms. The van der Waals surface area contributed by atoms with Gasteiger partial charge in [0.2, 0.25) is 0 Å². The molecule has 0 unspecified atom stereocenters. The Bertz CT molecular complexity index is 1260. The molecule has 5 rings (SSSR count). The maximum atomic E-state index is 13.3. The van der Waals surface area contributed by atoms with E-state index in [0.29, 0.717) is 29.2 Å². The maximum absolute atomic E-state index is 13.3. The standard InChI is InChI=1S/C23H25N5O2/c1-15-8-6-7-11-18(15)27-13-12-19-21(23(27)29)24-25-22-20(16-9-4-3-5-10-16)17(14-30-2)26-28(19)22/h3-5,9-10,12-13,15,18H,6-8,11,14H2,1-2H3/t15-,18-/m0/s1. The van der Waals surface area contributed by atoms with E-state index in [0.717, 1.165) is 36.1 Å². The fourth-order valence-corrected chi connectivity index (χ4v) is 4.71. The summed E-state index contributed by atoms with van der Waals surface area (Å²) in [7, 11) is 1.65. The second-order valence-electron chi connectivity index (χ2n) is 8.15. The van der Waals surface area contributed by atoms with Crippen LogP contribution in [0.15, 0.2) is 47.4 Å². The van der Waals surface area contributed by atoms with Crippen molar-refractivity contribution in [1.82, 2.24) is 24.4 Å². The second-order valence-corrected chi connectivity index (χ2v) is 8.15. The van der Waals surface area contributed by atoms with Gasteiger partial charge in [-0.15, -0.1) is 10.2 Å². The van der Waals surface area contributed by atoms with Gasteiger partial charge in [0.15, 0.2) is 11.2 Å². The summed E-state index contributed by atoms with van der Waals surface area (Å²) in [6, 6.07) is 12.1. The summed E-state index contributed by atoms with van der Waals surface area (Å²) in [6.45, 7) is 2.58. The zero-order valence-electron chi connectivity index (χ0n) is 17.3. The van der Waals surface area contributed by atoms with Crippen LogP contribution in [0.1, 0.15) is 44.3 Å². The minimum Gasteiger partial charge on any atom is -0.378 e. The summed E-state index contributed by atoms with van der Waals surface area (Å²) < 4.78 is 8.96. The number of hydrogen-bond donors (Lipinski definition) is 0. The highest BCUT2D eigenvalue weighted by Crippen LogP contribution is 2.33. The van der Waals surface area contributed by atoms with Crippen molar-refractivity contribution in [3.8, 4) is 11.1 Å². The molecule has 1 aliphatic carbocycles. The van der Waals surface area contributed by atoms with Gasteiger partial charge < -0.3 is 9.30 Å². The SMILES string of the molecule is COCc1nn2c(nnc3c(=O)n([C@H]4CCCC[C@@H]4C)ccc32)c1-c1ccccc1. The van der Waals surface area contributed by atoms with Gasteiger partial charge >= 0.3 is 0 Å². The number of pyridine rings is 1. The smallest absolute Gasteiger partial charge is 0.280 e. The molecule has 1 aliphatic rings. The molecule has 7 heteroatoms. The molecule has 3 heterocycles. The number of methoxy groups -OCH3 is 1. The molecule has 0 bridgehead atoms. The minimum absolute atomic E-state index is 0.0919. The lowest BCUT2D eigenvalue weighted by molar-refractivity contribution is 0.181. The van der Waals surface area contributed by atoms with E-state index in [1.54, 1.807) is 11.6 Å². The lowest BCUT2D eigenvalue weighted by Gasteiger charge is -2.30. The average Bonchev–Trinajstić information content (AvgIpc) is 3.14. The number of nitrogens with zero attached hydrogens (tertiary/aromatic N) is 5. The molecule has 0 saturated heterocycles. The zero-order valence-corrected chi connectivity index (χ0v) is 17.3. The fraction of sp³-hybridized carbons (Fsp3) is 0.391. The van der Waals surface area contributed by atoms with E-state index in [-0.39, 0.29) is 11.6 Å². The summed E-state index contributed by atoms with van der Waals surface area (Å²) in [5, 5.41) is 13.5.